The van der Waals surface area contributed by atoms with Crippen LogP contribution < -0.4 is 0 Å². The summed E-state index contributed by atoms with van der Waals surface area (Å²) in [4.78, 5) is 12.5. The highest BCUT2D eigenvalue weighted by molar-refractivity contribution is 7.80. The van der Waals surface area contributed by atoms with Crippen LogP contribution in [0.4, 0.5) is 0 Å². The quantitative estimate of drug-likeness (QED) is 0.654. The lowest BCUT2D eigenvalue weighted by atomic mass is 10.2. The third-order valence-corrected chi connectivity index (χ3v) is 2.94. The molecule has 5 heteroatoms. The zero-order valence-corrected chi connectivity index (χ0v) is 10.1. The number of hydrogen-bond acceptors (Lipinski definition) is 4. The molecule has 0 aromatic heterocycles. The minimum atomic E-state index is -0.420. The van der Waals surface area contributed by atoms with Crippen LogP contribution in [0, 0.1) is 0 Å². The topological polar surface area (TPSA) is 35.5 Å². The Morgan fingerprint density at radius 1 is 1.56 bits per heavy atom. The van der Waals surface area contributed by atoms with Gasteiger partial charge in [0.25, 0.3) is 0 Å². The van der Waals surface area contributed by atoms with E-state index in [2.05, 4.69) is 12.6 Å². The van der Waals surface area contributed by atoms with Gasteiger partial charge in [-0.3, -0.25) is 0 Å². The van der Waals surface area contributed by atoms with Crippen molar-refractivity contribution >= 4 is 30.2 Å². The Morgan fingerprint density at radius 3 is 3.06 bits per heavy atom. The molecular weight excluding hydrogens is 248 g/mol. The summed E-state index contributed by atoms with van der Waals surface area (Å²) >= 11 is 10.1. The predicted octanol–water partition coefficient (Wildman–Crippen LogP) is 2.57. The lowest BCUT2D eigenvalue weighted by Crippen LogP contribution is -2.18. The van der Waals surface area contributed by atoms with Crippen molar-refractivity contribution in [2.75, 3.05) is 13.2 Å². The highest BCUT2D eigenvalue weighted by Crippen LogP contribution is 2.21. The average molecular weight is 259 g/mol. The van der Waals surface area contributed by atoms with Crippen molar-refractivity contribution in [3.8, 4) is 0 Å². The number of hydrogen-bond donors (Lipinski definition) is 1. The Morgan fingerprint density at radius 2 is 2.38 bits per heavy atom. The molecule has 3 nitrogen and oxygen atoms in total. The average Bonchev–Trinajstić information content (AvgIpc) is 2.74. The first-order valence-electron chi connectivity index (χ1n) is 4.94. The summed E-state index contributed by atoms with van der Waals surface area (Å²) in [6.45, 7) is 1.10. The monoisotopic (exact) mass is 258 g/mol. The van der Waals surface area contributed by atoms with Crippen molar-refractivity contribution in [2.45, 2.75) is 17.4 Å². The van der Waals surface area contributed by atoms with E-state index in [4.69, 9.17) is 21.1 Å². The molecule has 1 aliphatic heterocycles. The molecule has 0 radical (unpaired) electrons. The lowest BCUT2D eigenvalue weighted by molar-refractivity contribution is 0.0270. The van der Waals surface area contributed by atoms with Gasteiger partial charge in [-0.1, -0.05) is 11.6 Å². The molecule has 1 atom stereocenters. The molecule has 1 heterocycles. The summed E-state index contributed by atoms with van der Waals surface area (Å²) in [6.07, 6.45) is 0.580. The number of benzene rings is 1. The van der Waals surface area contributed by atoms with Crippen LogP contribution in [0.5, 0.6) is 0 Å². The molecule has 0 N–H and O–H groups in total. The van der Waals surface area contributed by atoms with Gasteiger partial charge < -0.3 is 9.47 Å². The second kappa shape index (κ2) is 5.08. The standard InChI is InChI=1S/C11H11ClO3S/c12-10-2-1-8(16)5-9(10)11(13)15-7-3-4-14-6-7/h1-2,5,7,16H,3-4,6H2. The van der Waals surface area contributed by atoms with Gasteiger partial charge in [-0.25, -0.2) is 4.79 Å². The van der Waals surface area contributed by atoms with E-state index in [9.17, 15) is 4.79 Å². The minimum Gasteiger partial charge on any atom is -0.456 e. The zero-order valence-electron chi connectivity index (χ0n) is 8.48. The summed E-state index contributed by atoms with van der Waals surface area (Å²) in [6, 6.07) is 4.95. The zero-order chi connectivity index (χ0) is 11.5. The number of thiol groups is 1. The second-order valence-corrected chi connectivity index (χ2v) is 4.48. The van der Waals surface area contributed by atoms with Crippen LogP contribution in [0.1, 0.15) is 16.8 Å². The second-order valence-electron chi connectivity index (χ2n) is 3.56. The predicted molar refractivity (Wildman–Crippen MR) is 63.3 cm³/mol. The van der Waals surface area contributed by atoms with Gasteiger partial charge >= 0.3 is 5.97 Å². The summed E-state index contributed by atoms with van der Waals surface area (Å²) in [7, 11) is 0. The van der Waals surface area contributed by atoms with Crippen molar-refractivity contribution in [2.24, 2.45) is 0 Å². The maximum absolute atomic E-state index is 11.8. The van der Waals surface area contributed by atoms with Gasteiger partial charge in [-0.15, -0.1) is 12.6 Å². The third-order valence-electron chi connectivity index (χ3n) is 2.33. The first kappa shape index (κ1) is 11.8. The molecule has 2 rings (SSSR count). The first-order chi connectivity index (χ1) is 7.66. The Hall–Kier alpha value is -0.710. The van der Waals surface area contributed by atoms with Crippen LogP contribution in [0.2, 0.25) is 5.02 Å². The first-order valence-corrected chi connectivity index (χ1v) is 5.76. The normalized spacial score (nSPS) is 19.8. The molecule has 0 bridgehead atoms. The van der Waals surface area contributed by atoms with Gasteiger partial charge in [0.05, 0.1) is 23.8 Å². The summed E-state index contributed by atoms with van der Waals surface area (Å²) < 4.78 is 10.4. The summed E-state index contributed by atoms with van der Waals surface area (Å²) in [5.41, 5.74) is 0.348. The number of ether oxygens (including phenoxy) is 2. The van der Waals surface area contributed by atoms with E-state index in [1.165, 1.54) is 0 Å². The Kier molecular flexibility index (Phi) is 3.74. The molecule has 0 saturated carbocycles. The van der Waals surface area contributed by atoms with Crippen molar-refractivity contribution in [3.05, 3.63) is 28.8 Å². The van der Waals surface area contributed by atoms with E-state index >= 15 is 0 Å². The molecule has 16 heavy (non-hydrogen) atoms. The van der Waals surface area contributed by atoms with Crippen molar-refractivity contribution in [3.63, 3.8) is 0 Å². The molecule has 1 saturated heterocycles. The van der Waals surface area contributed by atoms with E-state index in [0.29, 0.717) is 28.7 Å². The van der Waals surface area contributed by atoms with Crippen molar-refractivity contribution < 1.29 is 14.3 Å². The van der Waals surface area contributed by atoms with Crippen molar-refractivity contribution in [1.82, 2.24) is 0 Å². The Bertz CT molecular complexity index is 402. The van der Waals surface area contributed by atoms with Crippen LogP contribution in [0.25, 0.3) is 0 Å². The van der Waals surface area contributed by atoms with Gasteiger partial charge in [0.2, 0.25) is 0 Å². The fourth-order valence-corrected chi connectivity index (χ4v) is 1.89. The summed E-state index contributed by atoms with van der Waals surface area (Å²) in [5.74, 6) is -0.420. The Balaban J connectivity index is 2.10. The molecule has 1 fully saturated rings. The molecule has 1 aromatic carbocycles. The highest BCUT2D eigenvalue weighted by atomic mass is 35.5. The number of esters is 1. The largest absolute Gasteiger partial charge is 0.456 e. The van der Waals surface area contributed by atoms with Crippen LogP contribution in [-0.2, 0) is 9.47 Å². The van der Waals surface area contributed by atoms with E-state index in [1.807, 2.05) is 0 Å². The highest BCUT2D eigenvalue weighted by Gasteiger charge is 2.22. The minimum absolute atomic E-state index is 0.160. The SMILES string of the molecule is O=C(OC1CCOC1)c1cc(S)ccc1Cl. The smallest absolute Gasteiger partial charge is 0.340 e. The van der Waals surface area contributed by atoms with Crippen LogP contribution in [0.3, 0.4) is 0 Å². The fourth-order valence-electron chi connectivity index (χ4n) is 1.49. The molecular formula is C11H11ClO3S. The molecule has 0 aliphatic carbocycles. The number of carbonyl (C=O) groups is 1. The van der Waals surface area contributed by atoms with Gasteiger partial charge in [0.15, 0.2) is 0 Å². The number of rotatable bonds is 2. The van der Waals surface area contributed by atoms with Crippen molar-refractivity contribution in [1.29, 1.82) is 0 Å². The van der Waals surface area contributed by atoms with Gasteiger partial charge in [0, 0.05) is 11.3 Å². The molecule has 0 amide bonds. The Labute approximate surface area is 104 Å². The van der Waals surface area contributed by atoms with Crippen LogP contribution in [-0.4, -0.2) is 25.3 Å². The molecule has 86 valence electrons. The van der Waals surface area contributed by atoms with Crippen LogP contribution >= 0.6 is 24.2 Å². The van der Waals surface area contributed by atoms with E-state index in [-0.39, 0.29) is 6.10 Å². The lowest BCUT2D eigenvalue weighted by Gasteiger charge is -2.11. The molecule has 0 spiro atoms. The number of carbonyl (C=O) groups excluding carboxylic acids is 1. The third kappa shape index (κ3) is 2.70. The van der Waals surface area contributed by atoms with E-state index < -0.39 is 5.97 Å². The fraction of sp³-hybridized carbons (Fsp3) is 0.364. The van der Waals surface area contributed by atoms with E-state index in [1.54, 1.807) is 18.2 Å². The molecule has 1 aromatic rings. The van der Waals surface area contributed by atoms with Gasteiger partial charge in [-0.2, -0.15) is 0 Å². The molecule has 1 unspecified atom stereocenters. The summed E-state index contributed by atoms with van der Waals surface area (Å²) in [5, 5.41) is 0.377. The van der Waals surface area contributed by atoms with E-state index in [0.717, 1.165) is 6.42 Å². The maximum atomic E-state index is 11.8. The number of halogens is 1. The maximum Gasteiger partial charge on any atom is 0.340 e. The molecule has 1 aliphatic rings. The van der Waals surface area contributed by atoms with Gasteiger partial charge in [0.1, 0.15) is 6.10 Å². The van der Waals surface area contributed by atoms with Crippen LogP contribution in [0.15, 0.2) is 23.1 Å². The van der Waals surface area contributed by atoms with Gasteiger partial charge in [-0.05, 0) is 18.2 Å².